The zero-order chi connectivity index (χ0) is 15.5. The minimum atomic E-state index is -0.0658. The van der Waals surface area contributed by atoms with E-state index in [1.807, 2.05) is 7.05 Å². The van der Waals surface area contributed by atoms with Gasteiger partial charge >= 0.3 is 0 Å². The lowest BCUT2D eigenvalue weighted by atomic mass is 9.95. The third-order valence-electron chi connectivity index (χ3n) is 3.87. The van der Waals surface area contributed by atoms with E-state index in [9.17, 15) is 0 Å². The molecule has 118 valence electrons. The van der Waals surface area contributed by atoms with Gasteiger partial charge in [-0.25, -0.2) is 9.97 Å². The van der Waals surface area contributed by atoms with Gasteiger partial charge in [0, 0.05) is 31.2 Å². The first-order valence-corrected chi connectivity index (χ1v) is 7.80. The number of aromatic nitrogens is 2. The molecule has 0 radical (unpaired) electrons. The van der Waals surface area contributed by atoms with E-state index >= 15 is 0 Å². The molecule has 1 aromatic rings. The van der Waals surface area contributed by atoms with Gasteiger partial charge in [-0.3, -0.25) is 0 Å². The van der Waals surface area contributed by atoms with Gasteiger partial charge in [-0.2, -0.15) is 0 Å². The number of ether oxygens (including phenoxy) is 1. The van der Waals surface area contributed by atoms with Crippen LogP contribution in [0.25, 0.3) is 0 Å². The number of hydrogen-bond donors (Lipinski definition) is 2. The molecule has 5 nitrogen and oxygen atoms in total. The molecule has 1 aromatic heterocycles. The fraction of sp³-hybridized carbons (Fsp3) is 0.750. The van der Waals surface area contributed by atoms with Crippen LogP contribution >= 0.6 is 0 Å². The summed E-state index contributed by atoms with van der Waals surface area (Å²) in [6.07, 6.45) is 2.38. The first kappa shape index (κ1) is 16.0. The molecular weight excluding hydrogens is 264 g/mol. The number of nitrogens with one attached hydrogen (secondary N) is 2. The second-order valence-corrected chi connectivity index (χ2v) is 6.83. The average molecular weight is 292 g/mol. The zero-order valence-corrected chi connectivity index (χ0v) is 13.9. The first-order chi connectivity index (χ1) is 9.91. The summed E-state index contributed by atoms with van der Waals surface area (Å²) < 4.78 is 5.54. The third kappa shape index (κ3) is 4.06. The van der Waals surface area contributed by atoms with E-state index in [2.05, 4.69) is 43.3 Å². The molecular formula is C16H28N4O. The fourth-order valence-corrected chi connectivity index (χ4v) is 2.48. The first-order valence-electron chi connectivity index (χ1n) is 7.80. The van der Waals surface area contributed by atoms with Crippen molar-refractivity contribution in [1.29, 1.82) is 0 Å². The summed E-state index contributed by atoms with van der Waals surface area (Å²) >= 11 is 0. The molecule has 1 atom stereocenters. The number of rotatable bonds is 4. The van der Waals surface area contributed by atoms with E-state index in [4.69, 9.17) is 9.72 Å². The Balaban J connectivity index is 2.16. The summed E-state index contributed by atoms with van der Waals surface area (Å²) in [5.74, 6) is 3.27. The van der Waals surface area contributed by atoms with Gasteiger partial charge < -0.3 is 15.4 Å². The molecule has 0 saturated carbocycles. The van der Waals surface area contributed by atoms with Crippen molar-refractivity contribution in [3.05, 3.63) is 11.4 Å². The fourth-order valence-electron chi connectivity index (χ4n) is 2.48. The normalized spacial score (nSPS) is 19.4. The van der Waals surface area contributed by atoms with Crippen molar-refractivity contribution in [1.82, 2.24) is 9.97 Å². The van der Waals surface area contributed by atoms with Crippen LogP contribution in [0.2, 0.25) is 0 Å². The van der Waals surface area contributed by atoms with Gasteiger partial charge in [-0.1, -0.05) is 20.8 Å². The minimum Gasteiger partial charge on any atom is -0.381 e. The van der Waals surface area contributed by atoms with Crippen LogP contribution in [0.1, 0.15) is 45.0 Å². The van der Waals surface area contributed by atoms with E-state index in [1.54, 1.807) is 0 Å². The van der Waals surface area contributed by atoms with Crippen LogP contribution in [0.15, 0.2) is 0 Å². The maximum Gasteiger partial charge on any atom is 0.138 e. The highest BCUT2D eigenvalue weighted by Gasteiger charge is 2.21. The second kappa shape index (κ2) is 6.60. The molecule has 5 heteroatoms. The molecule has 2 N–H and O–H groups in total. The van der Waals surface area contributed by atoms with Gasteiger partial charge in [0.2, 0.25) is 0 Å². The maximum atomic E-state index is 5.54. The number of anilines is 2. The molecule has 1 unspecified atom stereocenters. The molecule has 1 saturated heterocycles. The molecule has 0 spiro atoms. The lowest BCUT2D eigenvalue weighted by Gasteiger charge is -2.24. The van der Waals surface area contributed by atoms with E-state index in [0.717, 1.165) is 49.2 Å². The molecule has 2 rings (SSSR count). The van der Waals surface area contributed by atoms with E-state index in [-0.39, 0.29) is 5.41 Å². The third-order valence-corrected chi connectivity index (χ3v) is 3.87. The molecule has 1 fully saturated rings. The van der Waals surface area contributed by atoms with Crippen molar-refractivity contribution in [3.8, 4) is 0 Å². The molecule has 1 aliphatic rings. The molecule has 2 heterocycles. The summed E-state index contributed by atoms with van der Waals surface area (Å²) in [6.45, 7) is 11.1. The Bertz CT molecular complexity index is 476. The van der Waals surface area contributed by atoms with Crippen LogP contribution < -0.4 is 10.6 Å². The zero-order valence-electron chi connectivity index (χ0n) is 13.9. The van der Waals surface area contributed by atoms with Crippen LogP contribution in [-0.2, 0) is 10.2 Å². The van der Waals surface area contributed by atoms with Gasteiger partial charge in [0.1, 0.15) is 17.5 Å². The topological polar surface area (TPSA) is 59.1 Å². The standard InChI is InChI=1S/C16H28N4O/c1-11-13(17-5)19-15(16(2,3)4)20-14(11)18-9-12-7-6-8-21-10-12/h12H,6-10H2,1-5H3,(H2,17,18,19,20). The highest BCUT2D eigenvalue weighted by atomic mass is 16.5. The van der Waals surface area contributed by atoms with Gasteiger partial charge in [0.15, 0.2) is 0 Å². The van der Waals surface area contributed by atoms with E-state index in [1.165, 1.54) is 6.42 Å². The molecule has 0 aromatic carbocycles. The Kier molecular flexibility index (Phi) is 5.04. The lowest BCUT2D eigenvalue weighted by molar-refractivity contribution is 0.0594. The predicted molar refractivity (Wildman–Crippen MR) is 87.0 cm³/mol. The second-order valence-electron chi connectivity index (χ2n) is 6.83. The Morgan fingerprint density at radius 1 is 1.24 bits per heavy atom. The van der Waals surface area contributed by atoms with Gasteiger partial charge in [-0.05, 0) is 25.7 Å². The number of nitrogens with zero attached hydrogens (tertiary/aromatic N) is 2. The summed E-state index contributed by atoms with van der Waals surface area (Å²) in [6, 6.07) is 0. The Labute approximate surface area is 127 Å². The summed E-state index contributed by atoms with van der Waals surface area (Å²) in [4.78, 5) is 9.36. The van der Waals surface area contributed by atoms with Gasteiger partial charge in [0.05, 0.1) is 6.61 Å². The number of hydrogen-bond acceptors (Lipinski definition) is 5. The van der Waals surface area contributed by atoms with Gasteiger partial charge in [0.25, 0.3) is 0 Å². The highest BCUT2D eigenvalue weighted by Crippen LogP contribution is 2.26. The van der Waals surface area contributed by atoms with Crippen LogP contribution in [0, 0.1) is 12.8 Å². The maximum absolute atomic E-state index is 5.54. The highest BCUT2D eigenvalue weighted by molar-refractivity contribution is 5.57. The van der Waals surface area contributed by atoms with Crippen molar-refractivity contribution in [2.75, 3.05) is 37.4 Å². The molecule has 21 heavy (non-hydrogen) atoms. The Morgan fingerprint density at radius 2 is 1.95 bits per heavy atom. The van der Waals surface area contributed by atoms with Crippen molar-refractivity contribution in [2.45, 2.75) is 46.0 Å². The van der Waals surface area contributed by atoms with E-state index in [0.29, 0.717) is 5.92 Å². The SMILES string of the molecule is CNc1nc(C(C)(C)C)nc(NCC2CCCOC2)c1C. The van der Waals surface area contributed by atoms with E-state index < -0.39 is 0 Å². The predicted octanol–water partition coefficient (Wildman–Crippen LogP) is 2.96. The Hall–Kier alpha value is -1.36. The van der Waals surface area contributed by atoms with Crippen LogP contribution in [0.3, 0.4) is 0 Å². The smallest absolute Gasteiger partial charge is 0.138 e. The van der Waals surface area contributed by atoms with Crippen LogP contribution in [0.5, 0.6) is 0 Å². The monoisotopic (exact) mass is 292 g/mol. The lowest BCUT2D eigenvalue weighted by Crippen LogP contribution is -2.26. The van der Waals surface area contributed by atoms with Gasteiger partial charge in [-0.15, -0.1) is 0 Å². The van der Waals surface area contributed by atoms with Crippen molar-refractivity contribution in [3.63, 3.8) is 0 Å². The Morgan fingerprint density at radius 3 is 2.52 bits per heavy atom. The van der Waals surface area contributed by atoms with Crippen molar-refractivity contribution in [2.24, 2.45) is 5.92 Å². The van der Waals surface area contributed by atoms with Crippen molar-refractivity contribution >= 4 is 11.6 Å². The minimum absolute atomic E-state index is 0.0658. The van der Waals surface area contributed by atoms with Crippen molar-refractivity contribution < 1.29 is 4.74 Å². The van der Waals surface area contributed by atoms with Crippen LogP contribution in [-0.4, -0.2) is 36.8 Å². The molecule has 1 aliphatic heterocycles. The quantitative estimate of drug-likeness (QED) is 0.893. The molecule has 0 bridgehead atoms. The summed E-state index contributed by atoms with van der Waals surface area (Å²) in [5.41, 5.74) is 1.01. The largest absolute Gasteiger partial charge is 0.381 e. The molecule has 0 amide bonds. The summed E-state index contributed by atoms with van der Waals surface area (Å²) in [5, 5.41) is 6.67. The van der Waals surface area contributed by atoms with Crippen LogP contribution in [0.4, 0.5) is 11.6 Å². The average Bonchev–Trinajstić information content (AvgIpc) is 2.46. The molecule has 0 aliphatic carbocycles. The summed E-state index contributed by atoms with van der Waals surface area (Å²) in [7, 11) is 1.90.